The summed E-state index contributed by atoms with van der Waals surface area (Å²) >= 11 is 0. The van der Waals surface area contributed by atoms with Crippen LogP contribution in [0, 0.1) is 0 Å². The monoisotopic (exact) mass is 244 g/mol. The highest BCUT2D eigenvalue weighted by atomic mass is 16.5. The van der Waals surface area contributed by atoms with Gasteiger partial charge in [0.25, 0.3) is 0 Å². The van der Waals surface area contributed by atoms with Gasteiger partial charge in [0.05, 0.1) is 24.7 Å². The minimum Gasteiger partial charge on any atom is -0.494 e. The fourth-order valence-electron chi connectivity index (χ4n) is 1.50. The fraction of sp³-hybridized carbons (Fsp3) is 0.154. The number of carboxylic acid groups (broad SMARTS) is 1. The van der Waals surface area contributed by atoms with E-state index in [1.54, 1.807) is 0 Å². The third-order valence-corrected chi connectivity index (χ3v) is 2.31. The van der Waals surface area contributed by atoms with Crippen molar-refractivity contribution >= 4 is 5.97 Å². The number of hydrogen-bond donors (Lipinski definition) is 1. The predicted octanol–water partition coefficient (Wildman–Crippen LogP) is 2.24. The number of benzene rings is 1. The van der Waals surface area contributed by atoms with Gasteiger partial charge in [-0.15, -0.1) is 0 Å². The normalized spacial score (nSPS) is 10.1. The van der Waals surface area contributed by atoms with E-state index in [0.717, 1.165) is 11.3 Å². The molecule has 18 heavy (non-hydrogen) atoms. The summed E-state index contributed by atoms with van der Waals surface area (Å²) in [5, 5.41) is 8.74. The first-order valence-electron chi connectivity index (χ1n) is 5.49. The minimum atomic E-state index is -1.09. The molecule has 0 saturated heterocycles. The molecule has 2 aromatic rings. The molecule has 0 aliphatic rings. The molecule has 1 N–H and O–H groups in total. The van der Waals surface area contributed by atoms with Crippen LogP contribution in [0.25, 0.3) is 11.3 Å². The molecule has 0 spiro atoms. The second-order valence-electron chi connectivity index (χ2n) is 3.55. The molecule has 0 fully saturated rings. The van der Waals surface area contributed by atoms with Crippen LogP contribution in [-0.4, -0.2) is 27.7 Å². The number of aromatic carboxylic acids is 1. The summed E-state index contributed by atoms with van der Waals surface area (Å²) in [6.45, 7) is 2.50. The predicted molar refractivity (Wildman–Crippen MR) is 65.6 cm³/mol. The fourth-order valence-corrected chi connectivity index (χ4v) is 1.50. The first-order valence-corrected chi connectivity index (χ1v) is 5.49. The molecule has 0 bridgehead atoms. The van der Waals surface area contributed by atoms with Gasteiger partial charge >= 0.3 is 5.97 Å². The van der Waals surface area contributed by atoms with Gasteiger partial charge in [-0.2, -0.15) is 0 Å². The number of aromatic nitrogens is 2. The Bertz CT molecular complexity index is 552. The van der Waals surface area contributed by atoms with Gasteiger partial charge in [0.2, 0.25) is 0 Å². The van der Waals surface area contributed by atoms with Crippen LogP contribution in [0.15, 0.2) is 36.7 Å². The lowest BCUT2D eigenvalue weighted by atomic mass is 10.1. The standard InChI is InChI=1S/C13H12N2O3/c1-2-18-10-5-3-4-9(6-10)11-7-15-12(8-14-11)13(16)17/h3-8H,2H2,1H3,(H,16,17). The highest BCUT2D eigenvalue weighted by Crippen LogP contribution is 2.21. The lowest BCUT2D eigenvalue weighted by Crippen LogP contribution is -2.01. The molecule has 0 unspecified atom stereocenters. The highest BCUT2D eigenvalue weighted by Gasteiger charge is 2.06. The molecular weight excluding hydrogens is 232 g/mol. The van der Waals surface area contributed by atoms with Gasteiger partial charge < -0.3 is 9.84 Å². The molecule has 0 atom stereocenters. The van der Waals surface area contributed by atoms with Crippen LogP contribution in [0.2, 0.25) is 0 Å². The van der Waals surface area contributed by atoms with Crippen LogP contribution in [-0.2, 0) is 0 Å². The van der Waals surface area contributed by atoms with Crippen LogP contribution in [0.1, 0.15) is 17.4 Å². The number of carbonyl (C=O) groups is 1. The van der Waals surface area contributed by atoms with Crippen molar-refractivity contribution in [1.82, 2.24) is 9.97 Å². The second kappa shape index (κ2) is 5.27. The molecule has 92 valence electrons. The first kappa shape index (κ1) is 12.0. The molecule has 2 rings (SSSR count). The topological polar surface area (TPSA) is 72.3 Å². The van der Waals surface area contributed by atoms with Gasteiger partial charge in [-0.1, -0.05) is 12.1 Å². The number of nitrogens with zero attached hydrogens (tertiary/aromatic N) is 2. The molecule has 5 nitrogen and oxygen atoms in total. The Labute approximate surface area is 104 Å². The number of carboxylic acids is 1. The van der Waals surface area contributed by atoms with Crippen molar-refractivity contribution in [2.45, 2.75) is 6.92 Å². The summed E-state index contributed by atoms with van der Waals surface area (Å²) < 4.78 is 5.39. The van der Waals surface area contributed by atoms with E-state index in [-0.39, 0.29) is 5.69 Å². The quantitative estimate of drug-likeness (QED) is 0.892. The van der Waals surface area contributed by atoms with Crippen LogP contribution < -0.4 is 4.74 Å². The summed E-state index contributed by atoms with van der Waals surface area (Å²) in [6, 6.07) is 7.42. The molecule has 0 amide bonds. The SMILES string of the molecule is CCOc1cccc(-c2cnc(C(=O)O)cn2)c1. The first-order chi connectivity index (χ1) is 8.70. The Kier molecular flexibility index (Phi) is 3.52. The molecular formula is C13H12N2O3. The third kappa shape index (κ3) is 2.63. The van der Waals surface area contributed by atoms with Crippen molar-refractivity contribution in [3.63, 3.8) is 0 Å². The molecule has 0 aliphatic carbocycles. The molecule has 1 heterocycles. The lowest BCUT2D eigenvalue weighted by Gasteiger charge is -2.05. The van der Waals surface area contributed by atoms with Gasteiger partial charge in [0, 0.05) is 5.56 Å². The summed E-state index contributed by atoms with van der Waals surface area (Å²) in [5.41, 5.74) is 1.38. The van der Waals surface area contributed by atoms with Gasteiger partial charge in [-0.25, -0.2) is 9.78 Å². The van der Waals surface area contributed by atoms with Crippen molar-refractivity contribution in [1.29, 1.82) is 0 Å². The van der Waals surface area contributed by atoms with E-state index in [4.69, 9.17) is 9.84 Å². The van der Waals surface area contributed by atoms with E-state index < -0.39 is 5.97 Å². The average Bonchev–Trinajstić information content (AvgIpc) is 2.39. The molecule has 0 aliphatic heterocycles. The van der Waals surface area contributed by atoms with Gasteiger partial charge in [0.1, 0.15) is 5.75 Å². The van der Waals surface area contributed by atoms with Crippen molar-refractivity contribution in [3.05, 3.63) is 42.4 Å². The Morgan fingerprint density at radius 3 is 2.78 bits per heavy atom. The van der Waals surface area contributed by atoms with Gasteiger partial charge in [-0.3, -0.25) is 4.98 Å². The smallest absolute Gasteiger partial charge is 0.356 e. The van der Waals surface area contributed by atoms with Crippen molar-refractivity contribution in [3.8, 4) is 17.0 Å². The van der Waals surface area contributed by atoms with E-state index in [1.165, 1.54) is 12.4 Å². The zero-order valence-corrected chi connectivity index (χ0v) is 9.83. The van der Waals surface area contributed by atoms with Gasteiger partial charge in [0.15, 0.2) is 5.69 Å². The van der Waals surface area contributed by atoms with Crippen LogP contribution in [0.4, 0.5) is 0 Å². The average molecular weight is 244 g/mol. The highest BCUT2D eigenvalue weighted by molar-refractivity contribution is 5.85. The molecule has 0 saturated carbocycles. The number of ether oxygens (including phenoxy) is 1. The van der Waals surface area contributed by atoms with Crippen molar-refractivity contribution in [2.24, 2.45) is 0 Å². The summed E-state index contributed by atoms with van der Waals surface area (Å²) in [4.78, 5) is 18.6. The number of rotatable bonds is 4. The molecule has 5 heteroatoms. The summed E-state index contributed by atoms with van der Waals surface area (Å²) in [5.74, 6) is -0.337. The maximum Gasteiger partial charge on any atom is 0.356 e. The Balaban J connectivity index is 2.30. The Hall–Kier alpha value is -2.43. The van der Waals surface area contributed by atoms with Crippen LogP contribution >= 0.6 is 0 Å². The summed E-state index contributed by atoms with van der Waals surface area (Å²) in [6.07, 6.45) is 2.68. The maximum absolute atomic E-state index is 10.7. The van der Waals surface area contributed by atoms with E-state index in [0.29, 0.717) is 12.3 Å². The van der Waals surface area contributed by atoms with Crippen LogP contribution in [0.3, 0.4) is 0 Å². The lowest BCUT2D eigenvalue weighted by molar-refractivity contribution is 0.0690. The summed E-state index contributed by atoms with van der Waals surface area (Å²) in [7, 11) is 0. The van der Waals surface area contributed by atoms with E-state index >= 15 is 0 Å². The van der Waals surface area contributed by atoms with E-state index in [2.05, 4.69) is 9.97 Å². The molecule has 1 aromatic heterocycles. The maximum atomic E-state index is 10.7. The zero-order valence-electron chi connectivity index (χ0n) is 9.83. The minimum absolute atomic E-state index is 0.0697. The zero-order chi connectivity index (χ0) is 13.0. The van der Waals surface area contributed by atoms with Crippen molar-refractivity contribution < 1.29 is 14.6 Å². The number of hydrogen-bond acceptors (Lipinski definition) is 4. The third-order valence-electron chi connectivity index (χ3n) is 2.31. The van der Waals surface area contributed by atoms with E-state index in [9.17, 15) is 4.79 Å². The second-order valence-corrected chi connectivity index (χ2v) is 3.55. The Morgan fingerprint density at radius 1 is 1.33 bits per heavy atom. The van der Waals surface area contributed by atoms with E-state index in [1.807, 2.05) is 31.2 Å². The molecule has 0 radical (unpaired) electrons. The van der Waals surface area contributed by atoms with Gasteiger partial charge in [-0.05, 0) is 19.1 Å². The largest absolute Gasteiger partial charge is 0.494 e. The Morgan fingerprint density at radius 2 is 2.17 bits per heavy atom. The molecule has 1 aromatic carbocycles. The van der Waals surface area contributed by atoms with Crippen molar-refractivity contribution in [2.75, 3.05) is 6.61 Å². The van der Waals surface area contributed by atoms with Crippen LogP contribution in [0.5, 0.6) is 5.75 Å².